The van der Waals surface area contributed by atoms with E-state index < -0.39 is 6.10 Å². The third kappa shape index (κ3) is 48.3. The molecule has 0 radical (unpaired) electrons. The van der Waals surface area contributed by atoms with E-state index in [1.54, 1.807) is 0 Å². The Labute approximate surface area is 399 Å². The van der Waals surface area contributed by atoms with Gasteiger partial charge in [-0.3, -0.25) is 14.4 Å². The van der Waals surface area contributed by atoms with E-state index in [1.807, 2.05) is 0 Å². The lowest BCUT2D eigenvalue weighted by Gasteiger charge is -2.18. The molecule has 64 heavy (non-hydrogen) atoms. The molecule has 0 heterocycles. The fourth-order valence-corrected chi connectivity index (χ4v) is 8.76. The lowest BCUT2D eigenvalue weighted by Crippen LogP contribution is -2.30. The Morgan fingerprint density at radius 3 is 0.812 bits per heavy atom. The lowest BCUT2D eigenvalue weighted by atomic mass is 9.99. The molecule has 0 aromatic heterocycles. The first-order chi connectivity index (χ1) is 31.2. The van der Waals surface area contributed by atoms with Crippen LogP contribution >= 0.6 is 0 Å². The molecular weight excluding hydrogens is 793 g/mol. The van der Waals surface area contributed by atoms with E-state index in [4.69, 9.17) is 14.2 Å². The van der Waals surface area contributed by atoms with Gasteiger partial charge in [-0.05, 0) is 37.0 Å². The highest BCUT2D eigenvalue weighted by Gasteiger charge is 2.19. The van der Waals surface area contributed by atoms with Crippen LogP contribution in [0.2, 0.25) is 0 Å². The van der Waals surface area contributed by atoms with Crippen molar-refractivity contribution in [3.05, 3.63) is 0 Å². The van der Waals surface area contributed by atoms with Gasteiger partial charge in [0.1, 0.15) is 13.2 Å². The van der Waals surface area contributed by atoms with Crippen molar-refractivity contribution in [3.63, 3.8) is 0 Å². The molecule has 0 aliphatic carbocycles. The van der Waals surface area contributed by atoms with E-state index in [9.17, 15) is 14.4 Å². The summed E-state index contributed by atoms with van der Waals surface area (Å²) in [6, 6.07) is 0. The van der Waals surface area contributed by atoms with Crippen LogP contribution in [-0.2, 0) is 28.6 Å². The number of esters is 3. The number of rotatable bonds is 51. The normalized spacial score (nSPS) is 13.0. The molecule has 0 aliphatic rings. The average molecular weight is 906 g/mol. The maximum Gasteiger partial charge on any atom is 0.306 e. The van der Waals surface area contributed by atoms with Crippen LogP contribution in [0.15, 0.2) is 0 Å². The number of hydrogen-bond donors (Lipinski definition) is 0. The van der Waals surface area contributed by atoms with E-state index >= 15 is 0 Å². The largest absolute Gasteiger partial charge is 0.462 e. The second-order valence-corrected chi connectivity index (χ2v) is 20.9. The van der Waals surface area contributed by atoms with Gasteiger partial charge in [-0.25, -0.2) is 0 Å². The zero-order valence-electron chi connectivity index (χ0n) is 44.1. The fraction of sp³-hybridized carbons (Fsp3) is 0.948. The Hall–Kier alpha value is -1.59. The molecule has 0 spiro atoms. The minimum Gasteiger partial charge on any atom is -0.462 e. The smallest absolute Gasteiger partial charge is 0.306 e. The van der Waals surface area contributed by atoms with E-state index in [2.05, 4.69) is 41.5 Å². The van der Waals surface area contributed by atoms with Crippen LogP contribution in [0, 0.1) is 17.8 Å². The van der Waals surface area contributed by atoms with Crippen LogP contribution < -0.4 is 0 Å². The zero-order chi connectivity index (χ0) is 47.0. The molecule has 0 fully saturated rings. The number of hydrogen-bond acceptors (Lipinski definition) is 6. The van der Waals surface area contributed by atoms with Crippen molar-refractivity contribution in [3.8, 4) is 0 Å². The highest BCUT2D eigenvalue weighted by molar-refractivity contribution is 5.71. The Morgan fingerprint density at radius 1 is 0.312 bits per heavy atom. The van der Waals surface area contributed by atoms with E-state index in [0.717, 1.165) is 75.5 Å². The van der Waals surface area contributed by atoms with Gasteiger partial charge in [-0.2, -0.15) is 0 Å². The van der Waals surface area contributed by atoms with Crippen molar-refractivity contribution < 1.29 is 28.6 Å². The number of carbonyl (C=O) groups excluding carboxylic acids is 3. The van der Waals surface area contributed by atoms with Crippen LogP contribution in [0.5, 0.6) is 0 Å². The molecule has 0 rings (SSSR count). The minimum absolute atomic E-state index is 0.0646. The lowest BCUT2D eigenvalue weighted by molar-refractivity contribution is -0.167. The quantitative estimate of drug-likeness (QED) is 0.0344. The molecule has 6 heteroatoms. The monoisotopic (exact) mass is 905 g/mol. The Kier molecular flexibility index (Phi) is 48.1. The Balaban J connectivity index is 4.24. The second-order valence-electron chi connectivity index (χ2n) is 20.9. The predicted molar refractivity (Wildman–Crippen MR) is 275 cm³/mol. The number of carbonyl (C=O) groups is 3. The molecule has 0 saturated heterocycles. The summed E-state index contributed by atoms with van der Waals surface area (Å²) < 4.78 is 16.9. The highest BCUT2D eigenvalue weighted by atomic mass is 16.6. The number of ether oxygens (including phenoxy) is 3. The Morgan fingerprint density at radius 2 is 0.547 bits per heavy atom. The molecule has 0 amide bonds. The predicted octanol–water partition coefficient (Wildman–Crippen LogP) is 18.7. The molecule has 0 N–H and O–H groups in total. The third-order valence-electron chi connectivity index (χ3n) is 13.9. The topological polar surface area (TPSA) is 78.9 Å². The van der Waals surface area contributed by atoms with Crippen molar-refractivity contribution in [1.29, 1.82) is 0 Å². The first-order valence-electron chi connectivity index (χ1n) is 28.7. The third-order valence-corrected chi connectivity index (χ3v) is 13.9. The summed E-state index contributed by atoms with van der Waals surface area (Å²) in [5.41, 5.74) is 0. The summed E-state index contributed by atoms with van der Waals surface area (Å²) in [6.07, 6.45) is 50.9. The van der Waals surface area contributed by atoms with Crippen LogP contribution in [0.25, 0.3) is 0 Å². The molecule has 6 nitrogen and oxygen atoms in total. The van der Waals surface area contributed by atoms with Gasteiger partial charge >= 0.3 is 17.9 Å². The standard InChI is InChI=1S/C58H112O6/c1-7-53(5)45-39-33-27-21-17-15-13-11-9-10-12-14-16-18-22-31-37-43-49-58(61)64-55(50-62-56(59)47-41-35-29-23-19-20-26-32-38-44-52(3)4)51-63-57(60)48-42-36-30-25-24-28-34-40-46-54(6)8-2/h52-55H,7-51H2,1-6H3/t53?,54?,55-/m0/s1. The van der Waals surface area contributed by atoms with E-state index in [0.29, 0.717) is 19.3 Å². The van der Waals surface area contributed by atoms with Gasteiger partial charge < -0.3 is 14.2 Å². The van der Waals surface area contributed by atoms with Crippen LogP contribution in [0.3, 0.4) is 0 Å². The van der Waals surface area contributed by atoms with Gasteiger partial charge in [0.25, 0.3) is 0 Å². The van der Waals surface area contributed by atoms with Gasteiger partial charge in [-0.1, -0.05) is 279 Å². The van der Waals surface area contributed by atoms with E-state index in [-0.39, 0.29) is 31.1 Å². The fourth-order valence-electron chi connectivity index (χ4n) is 8.76. The van der Waals surface area contributed by atoms with Gasteiger partial charge in [0.15, 0.2) is 6.10 Å². The number of unbranched alkanes of at least 4 members (excludes halogenated alkanes) is 32. The van der Waals surface area contributed by atoms with Crippen molar-refractivity contribution in [2.75, 3.05) is 13.2 Å². The Bertz CT molecular complexity index is 995. The van der Waals surface area contributed by atoms with Crippen LogP contribution in [0.4, 0.5) is 0 Å². The van der Waals surface area contributed by atoms with Crippen molar-refractivity contribution in [1.82, 2.24) is 0 Å². The first-order valence-corrected chi connectivity index (χ1v) is 28.7. The van der Waals surface area contributed by atoms with Gasteiger partial charge in [0.2, 0.25) is 0 Å². The van der Waals surface area contributed by atoms with Crippen molar-refractivity contribution in [2.45, 2.75) is 324 Å². The van der Waals surface area contributed by atoms with E-state index in [1.165, 1.54) is 199 Å². The summed E-state index contributed by atoms with van der Waals surface area (Å²) in [5.74, 6) is 1.72. The highest BCUT2D eigenvalue weighted by Crippen LogP contribution is 2.19. The van der Waals surface area contributed by atoms with Gasteiger partial charge in [0, 0.05) is 19.3 Å². The molecule has 2 unspecified atom stereocenters. The SMILES string of the molecule is CCC(C)CCCCCCCCCCCCCCCCCCCCC(=O)O[C@@H](COC(=O)CCCCCCCCCCCC(C)C)COC(=O)CCCCCCCCCCC(C)CC. The molecule has 0 saturated carbocycles. The maximum atomic E-state index is 12.8. The van der Waals surface area contributed by atoms with Gasteiger partial charge in [-0.15, -0.1) is 0 Å². The summed E-state index contributed by atoms with van der Waals surface area (Å²) in [7, 11) is 0. The van der Waals surface area contributed by atoms with Crippen molar-refractivity contribution in [2.24, 2.45) is 17.8 Å². The van der Waals surface area contributed by atoms with Crippen LogP contribution in [-0.4, -0.2) is 37.2 Å². The summed E-state index contributed by atoms with van der Waals surface area (Å²) >= 11 is 0. The molecular formula is C58H112O6. The zero-order valence-corrected chi connectivity index (χ0v) is 44.1. The molecule has 3 atom stereocenters. The summed E-state index contributed by atoms with van der Waals surface area (Å²) in [4.78, 5) is 38.1. The minimum atomic E-state index is -0.764. The summed E-state index contributed by atoms with van der Waals surface area (Å²) in [5, 5.41) is 0. The summed E-state index contributed by atoms with van der Waals surface area (Å²) in [6.45, 7) is 13.8. The van der Waals surface area contributed by atoms with Gasteiger partial charge in [0.05, 0.1) is 0 Å². The van der Waals surface area contributed by atoms with Crippen LogP contribution in [0.1, 0.15) is 318 Å². The molecule has 380 valence electrons. The molecule has 0 aromatic rings. The maximum absolute atomic E-state index is 12.8. The second kappa shape index (κ2) is 49.3. The van der Waals surface area contributed by atoms with Crippen molar-refractivity contribution >= 4 is 17.9 Å². The molecule has 0 bridgehead atoms. The average Bonchev–Trinajstić information content (AvgIpc) is 3.28. The first kappa shape index (κ1) is 62.4. The molecule has 0 aliphatic heterocycles. The molecule has 0 aromatic carbocycles.